The first-order valence-electron chi connectivity index (χ1n) is 10.4. The van der Waals surface area contributed by atoms with Gasteiger partial charge in [0, 0.05) is 25.7 Å². The molecule has 1 saturated carbocycles. The van der Waals surface area contributed by atoms with Crippen molar-refractivity contribution in [3.63, 3.8) is 0 Å². The normalized spacial score (nSPS) is 18.8. The van der Waals surface area contributed by atoms with E-state index in [1.807, 2.05) is 59.6 Å². The molecule has 1 aliphatic carbocycles. The van der Waals surface area contributed by atoms with Gasteiger partial charge in [-0.05, 0) is 48.4 Å². The summed E-state index contributed by atoms with van der Waals surface area (Å²) in [6.45, 7) is 4.34. The lowest BCUT2D eigenvalue weighted by molar-refractivity contribution is -0.137. The quantitative estimate of drug-likeness (QED) is 0.715. The lowest BCUT2D eigenvalue weighted by Gasteiger charge is -2.36. The van der Waals surface area contributed by atoms with E-state index >= 15 is 0 Å². The predicted octanol–water partition coefficient (Wildman–Crippen LogP) is 4.78. The van der Waals surface area contributed by atoms with Crippen LogP contribution in [0.1, 0.15) is 55.8 Å². The second-order valence-electron chi connectivity index (χ2n) is 8.18. The molecular weight excluding hydrogens is 360 g/mol. The minimum atomic E-state index is -0.258. The second kappa shape index (κ2) is 8.24. The van der Waals surface area contributed by atoms with Gasteiger partial charge in [0.1, 0.15) is 0 Å². The Hall–Kier alpha value is -2.88. The molecule has 0 bridgehead atoms. The van der Waals surface area contributed by atoms with Crippen molar-refractivity contribution in [2.45, 2.75) is 51.7 Å². The van der Waals surface area contributed by atoms with Crippen LogP contribution < -0.4 is 0 Å². The van der Waals surface area contributed by atoms with Crippen LogP contribution in [0.3, 0.4) is 0 Å². The number of hydrogen-bond acceptors (Lipinski definition) is 2. The molecule has 2 aromatic carbocycles. The van der Waals surface area contributed by atoms with Gasteiger partial charge in [0.2, 0.25) is 11.8 Å². The number of fused-ring (bicyclic) bond motifs is 1. The maximum atomic E-state index is 13.5. The minimum absolute atomic E-state index is 0.0431. The van der Waals surface area contributed by atoms with E-state index < -0.39 is 0 Å². The monoisotopic (exact) mass is 388 g/mol. The molecule has 4 nitrogen and oxygen atoms in total. The third-order valence-electron chi connectivity index (χ3n) is 6.15. The number of hydrogen-bond donors (Lipinski definition) is 0. The summed E-state index contributed by atoms with van der Waals surface area (Å²) in [6, 6.07) is 18.1. The Morgan fingerprint density at radius 2 is 1.76 bits per heavy atom. The highest BCUT2D eigenvalue weighted by Gasteiger charge is 2.36. The van der Waals surface area contributed by atoms with Crippen LogP contribution in [0, 0.1) is 5.92 Å². The molecule has 0 aromatic heterocycles. The van der Waals surface area contributed by atoms with Crippen LogP contribution in [0.15, 0.2) is 60.8 Å². The van der Waals surface area contributed by atoms with Gasteiger partial charge in [0.05, 0.1) is 12.5 Å². The Bertz CT molecular complexity index is 917. The third kappa shape index (κ3) is 4.26. The minimum Gasteiger partial charge on any atom is -0.335 e. The van der Waals surface area contributed by atoms with E-state index in [1.165, 1.54) is 12.8 Å². The Balaban J connectivity index is 1.60. The summed E-state index contributed by atoms with van der Waals surface area (Å²) in [4.78, 5) is 29.5. The predicted molar refractivity (Wildman–Crippen MR) is 115 cm³/mol. The molecule has 4 heteroatoms. The molecule has 1 heterocycles. The van der Waals surface area contributed by atoms with Crippen LogP contribution in [0.25, 0.3) is 6.08 Å². The number of carbonyl (C=O) groups excluding carboxylic acids is 2. The molecule has 1 fully saturated rings. The molecule has 0 saturated heterocycles. The average Bonchev–Trinajstić information content (AvgIpc) is 3.57. The molecule has 1 aliphatic heterocycles. The van der Waals surface area contributed by atoms with Crippen molar-refractivity contribution in [1.29, 1.82) is 0 Å². The maximum absolute atomic E-state index is 13.5. The second-order valence-corrected chi connectivity index (χ2v) is 8.18. The van der Waals surface area contributed by atoms with Gasteiger partial charge < -0.3 is 9.80 Å². The van der Waals surface area contributed by atoms with E-state index in [4.69, 9.17) is 0 Å². The summed E-state index contributed by atoms with van der Waals surface area (Å²) in [5.41, 5.74) is 3.26. The molecule has 29 heavy (non-hydrogen) atoms. The van der Waals surface area contributed by atoms with Gasteiger partial charge in [-0.15, -0.1) is 0 Å². The van der Waals surface area contributed by atoms with Crippen LogP contribution in [-0.4, -0.2) is 27.7 Å². The topological polar surface area (TPSA) is 40.6 Å². The van der Waals surface area contributed by atoms with Crippen LogP contribution in [0.4, 0.5) is 0 Å². The van der Waals surface area contributed by atoms with Crippen molar-refractivity contribution in [2.24, 2.45) is 5.92 Å². The molecule has 0 spiro atoms. The van der Waals surface area contributed by atoms with Gasteiger partial charge in [-0.25, -0.2) is 0 Å². The van der Waals surface area contributed by atoms with Gasteiger partial charge in [0.25, 0.3) is 0 Å². The summed E-state index contributed by atoms with van der Waals surface area (Å²) in [6.07, 6.45) is 6.44. The summed E-state index contributed by atoms with van der Waals surface area (Å²) in [5.74, 6) is 0.651. The molecule has 150 valence electrons. The molecular formula is C25H28N2O2. The van der Waals surface area contributed by atoms with Crippen molar-refractivity contribution >= 4 is 17.9 Å². The van der Waals surface area contributed by atoms with Crippen molar-refractivity contribution in [2.75, 3.05) is 0 Å². The van der Waals surface area contributed by atoms with Crippen molar-refractivity contribution < 1.29 is 9.59 Å². The Kier molecular flexibility index (Phi) is 5.52. The van der Waals surface area contributed by atoms with Crippen LogP contribution in [0.2, 0.25) is 0 Å². The number of rotatable bonds is 6. The van der Waals surface area contributed by atoms with E-state index in [9.17, 15) is 9.59 Å². The molecule has 2 aliphatic rings. The van der Waals surface area contributed by atoms with Gasteiger partial charge >= 0.3 is 0 Å². The van der Waals surface area contributed by atoms with E-state index in [-0.39, 0.29) is 23.9 Å². The van der Waals surface area contributed by atoms with Gasteiger partial charge in [0.15, 0.2) is 0 Å². The van der Waals surface area contributed by atoms with Gasteiger partial charge in [-0.3, -0.25) is 9.59 Å². The Labute approximate surface area is 172 Å². The molecule has 4 rings (SSSR count). The number of benzene rings is 2. The van der Waals surface area contributed by atoms with Gasteiger partial charge in [-0.1, -0.05) is 54.6 Å². The van der Waals surface area contributed by atoms with Crippen molar-refractivity contribution in [3.05, 3.63) is 77.5 Å². The standard InChI is InChI=1S/C25H28N2O2/c1-18(21-12-13-21)27(17-20-8-4-3-5-9-20)25(29)16-24-23-11-7-6-10-22(23)14-15-26(24)19(2)28/h3-11,14-15,18,21,24H,12-13,16-17H2,1-2H3. The fourth-order valence-electron chi connectivity index (χ4n) is 4.27. The van der Waals surface area contributed by atoms with Crippen molar-refractivity contribution in [3.8, 4) is 0 Å². The Morgan fingerprint density at radius 1 is 1.07 bits per heavy atom. The first kappa shape index (κ1) is 19.4. The smallest absolute Gasteiger partial charge is 0.225 e. The highest BCUT2D eigenvalue weighted by Crippen LogP contribution is 2.38. The van der Waals surface area contributed by atoms with Crippen molar-refractivity contribution in [1.82, 2.24) is 9.80 Å². The zero-order chi connectivity index (χ0) is 20.4. The Morgan fingerprint density at radius 3 is 2.45 bits per heavy atom. The zero-order valence-electron chi connectivity index (χ0n) is 17.1. The molecule has 0 N–H and O–H groups in total. The van der Waals surface area contributed by atoms with E-state index in [0.717, 1.165) is 16.7 Å². The number of carbonyl (C=O) groups is 2. The van der Waals surface area contributed by atoms with E-state index in [0.29, 0.717) is 18.9 Å². The van der Waals surface area contributed by atoms with E-state index in [1.54, 1.807) is 11.8 Å². The SMILES string of the molecule is CC(=O)N1C=Cc2ccccc2C1CC(=O)N(Cc1ccccc1)C(C)C1CC1. The molecule has 2 atom stereocenters. The zero-order valence-corrected chi connectivity index (χ0v) is 17.1. The lowest BCUT2D eigenvalue weighted by atomic mass is 9.93. The van der Waals surface area contributed by atoms with Gasteiger partial charge in [-0.2, -0.15) is 0 Å². The summed E-state index contributed by atoms with van der Waals surface area (Å²) in [7, 11) is 0. The molecule has 2 aromatic rings. The van der Waals surface area contributed by atoms with Crippen LogP contribution in [-0.2, 0) is 16.1 Å². The highest BCUT2D eigenvalue weighted by molar-refractivity contribution is 5.82. The molecule has 2 amide bonds. The fraction of sp³-hybridized carbons (Fsp3) is 0.360. The van der Waals surface area contributed by atoms with Crippen LogP contribution in [0.5, 0.6) is 0 Å². The molecule has 2 unspecified atom stereocenters. The number of nitrogens with zero attached hydrogens (tertiary/aromatic N) is 2. The average molecular weight is 389 g/mol. The molecule has 0 radical (unpaired) electrons. The number of amides is 2. The largest absolute Gasteiger partial charge is 0.335 e. The summed E-state index contributed by atoms with van der Waals surface area (Å²) < 4.78 is 0. The summed E-state index contributed by atoms with van der Waals surface area (Å²) >= 11 is 0. The maximum Gasteiger partial charge on any atom is 0.225 e. The highest BCUT2D eigenvalue weighted by atomic mass is 16.2. The first-order chi connectivity index (χ1) is 14.0. The fourth-order valence-corrected chi connectivity index (χ4v) is 4.27. The van der Waals surface area contributed by atoms with Crippen LogP contribution >= 0.6 is 0 Å². The lowest BCUT2D eigenvalue weighted by Crippen LogP contribution is -2.42. The van der Waals surface area contributed by atoms with E-state index in [2.05, 4.69) is 19.1 Å². The summed E-state index contributed by atoms with van der Waals surface area (Å²) in [5, 5.41) is 0. The first-order valence-corrected chi connectivity index (χ1v) is 10.4. The third-order valence-corrected chi connectivity index (χ3v) is 6.15.